The highest BCUT2D eigenvalue weighted by atomic mass is 32.1. The summed E-state index contributed by atoms with van der Waals surface area (Å²) in [5, 5.41) is 0. The minimum absolute atomic E-state index is 0.194. The number of allylic oxidation sites excluding steroid dienone is 1. The third-order valence-corrected chi connectivity index (χ3v) is 5.27. The highest BCUT2D eigenvalue weighted by Gasteiger charge is 2.12. The molecular formula is C21H22N2OS. The van der Waals surface area contributed by atoms with Crippen molar-refractivity contribution in [1.82, 2.24) is 4.57 Å². The molecule has 0 spiro atoms. The van der Waals surface area contributed by atoms with Crippen LogP contribution >= 0.6 is 11.3 Å². The SMILES string of the molecule is C=CCn1c(=NC(=O)c2cc(C)ccc2C)sc2cc(C)cc(C)c21. The molecule has 0 aliphatic carbocycles. The standard InChI is InChI=1S/C21H22N2OS/c1-6-9-23-19-16(5)10-14(3)12-18(19)25-21(23)22-20(24)17-11-13(2)7-8-15(17)4/h6-8,10-12H,1,9H2,2-5H3. The zero-order valence-electron chi connectivity index (χ0n) is 15.1. The van der Waals surface area contributed by atoms with Crippen molar-refractivity contribution in [3.63, 3.8) is 0 Å². The highest BCUT2D eigenvalue weighted by Crippen LogP contribution is 2.23. The van der Waals surface area contributed by atoms with Gasteiger partial charge in [0, 0.05) is 12.1 Å². The monoisotopic (exact) mass is 350 g/mol. The van der Waals surface area contributed by atoms with E-state index >= 15 is 0 Å². The molecule has 128 valence electrons. The van der Waals surface area contributed by atoms with E-state index < -0.39 is 0 Å². The van der Waals surface area contributed by atoms with Gasteiger partial charge in [0.15, 0.2) is 4.80 Å². The molecule has 0 fully saturated rings. The van der Waals surface area contributed by atoms with Crippen LogP contribution in [0, 0.1) is 27.7 Å². The maximum Gasteiger partial charge on any atom is 0.279 e. The Hall–Kier alpha value is -2.46. The molecule has 0 bridgehead atoms. The maximum absolute atomic E-state index is 12.8. The molecule has 0 aliphatic rings. The van der Waals surface area contributed by atoms with Gasteiger partial charge in [0.2, 0.25) is 0 Å². The van der Waals surface area contributed by atoms with E-state index in [4.69, 9.17) is 0 Å². The summed E-state index contributed by atoms with van der Waals surface area (Å²) in [7, 11) is 0. The number of amides is 1. The lowest BCUT2D eigenvalue weighted by Crippen LogP contribution is -2.17. The molecule has 0 N–H and O–H groups in total. The number of carbonyl (C=O) groups excluding carboxylic acids is 1. The summed E-state index contributed by atoms with van der Waals surface area (Å²) in [6, 6.07) is 10.2. The summed E-state index contributed by atoms with van der Waals surface area (Å²) in [6.45, 7) is 12.6. The minimum atomic E-state index is -0.194. The molecular weight excluding hydrogens is 328 g/mol. The van der Waals surface area contributed by atoms with Crippen LogP contribution in [0.5, 0.6) is 0 Å². The minimum Gasteiger partial charge on any atom is -0.312 e. The second-order valence-corrected chi connectivity index (χ2v) is 7.46. The number of thiazole rings is 1. The van der Waals surface area contributed by atoms with Crippen LogP contribution in [-0.4, -0.2) is 10.5 Å². The molecule has 3 rings (SSSR count). The quantitative estimate of drug-likeness (QED) is 0.621. The van der Waals surface area contributed by atoms with Gasteiger partial charge in [0.05, 0.1) is 10.2 Å². The number of aryl methyl sites for hydroxylation is 4. The number of aromatic nitrogens is 1. The molecule has 1 heterocycles. The van der Waals surface area contributed by atoms with Crippen LogP contribution in [0.2, 0.25) is 0 Å². The number of hydrogen-bond acceptors (Lipinski definition) is 2. The van der Waals surface area contributed by atoms with Crippen LogP contribution in [0.1, 0.15) is 32.6 Å². The van der Waals surface area contributed by atoms with Gasteiger partial charge < -0.3 is 4.57 Å². The first kappa shape index (κ1) is 17.4. The number of nitrogens with zero attached hydrogens (tertiary/aromatic N) is 2. The van der Waals surface area contributed by atoms with Gasteiger partial charge in [-0.3, -0.25) is 4.79 Å². The summed E-state index contributed by atoms with van der Waals surface area (Å²) < 4.78 is 3.22. The lowest BCUT2D eigenvalue weighted by atomic mass is 10.1. The fourth-order valence-electron chi connectivity index (χ4n) is 3.09. The van der Waals surface area contributed by atoms with Gasteiger partial charge in [-0.15, -0.1) is 6.58 Å². The van der Waals surface area contributed by atoms with E-state index in [-0.39, 0.29) is 5.91 Å². The van der Waals surface area contributed by atoms with Crippen LogP contribution in [0.3, 0.4) is 0 Å². The summed E-state index contributed by atoms with van der Waals surface area (Å²) in [5.74, 6) is -0.194. The zero-order valence-corrected chi connectivity index (χ0v) is 15.9. The molecule has 4 heteroatoms. The van der Waals surface area contributed by atoms with E-state index in [0.717, 1.165) is 26.1 Å². The Bertz CT molecular complexity index is 1050. The third-order valence-electron chi connectivity index (χ3n) is 4.24. The molecule has 0 saturated carbocycles. The van der Waals surface area contributed by atoms with Crippen LogP contribution in [0.15, 0.2) is 48.0 Å². The lowest BCUT2D eigenvalue weighted by Gasteiger charge is -2.05. The Morgan fingerprint density at radius 2 is 1.88 bits per heavy atom. The first-order valence-corrected chi connectivity index (χ1v) is 9.10. The van der Waals surface area contributed by atoms with Crippen molar-refractivity contribution in [2.45, 2.75) is 34.2 Å². The molecule has 0 saturated heterocycles. The van der Waals surface area contributed by atoms with E-state index in [0.29, 0.717) is 12.1 Å². The van der Waals surface area contributed by atoms with E-state index in [9.17, 15) is 4.79 Å². The van der Waals surface area contributed by atoms with E-state index in [1.165, 1.54) is 11.1 Å². The van der Waals surface area contributed by atoms with Crippen molar-refractivity contribution < 1.29 is 4.79 Å². The number of benzene rings is 2. The largest absolute Gasteiger partial charge is 0.312 e. The number of fused-ring (bicyclic) bond motifs is 1. The zero-order chi connectivity index (χ0) is 18.1. The molecule has 0 unspecified atom stereocenters. The molecule has 25 heavy (non-hydrogen) atoms. The molecule has 2 aromatic carbocycles. The Morgan fingerprint density at radius 3 is 2.60 bits per heavy atom. The van der Waals surface area contributed by atoms with Gasteiger partial charge in [0.1, 0.15) is 0 Å². The van der Waals surface area contributed by atoms with Gasteiger partial charge in [0.25, 0.3) is 5.91 Å². The Kier molecular flexibility index (Phi) is 4.73. The smallest absolute Gasteiger partial charge is 0.279 e. The molecule has 0 radical (unpaired) electrons. The van der Waals surface area contributed by atoms with Crippen LogP contribution in [0.25, 0.3) is 10.2 Å². The number of carbonyl (C=O) groups is 1. The molecule has 0 aliphatic heterocycles. The first-order valence-electron chi connectivity index (χ1n) is 8.28. The highest BCUT2D eigenvalue weighted by molar-refractivity contribution is 7.16. The second kappa shape index (κ2) is 6.81. The number of hydrogen-bond donors (Lipinski definition) is 0. The van der Waals surface area contributed by atoms with Gasteiger partial charge in [-0.05, 0) is 56.5 Å². The fraction of sp³-hybridized carbons (Fsp3) is 0.238. The molecule has 0 atom stereocenters. The van der Waals surface area contributed by atoms with Gasteiger partial charge in [-0.25, -0.2) is 0 Å². The van der Waals surface area contributed by atoms with E-state index in [1.807, 2.05) is 38.1 Å². The van der Waals surface area contributed by atoms with Gasteiger partial charge >= 0.3 is 0 Å². The average Bonchev–Trinajstić information content (AvgIpc) is 2.87. The van der Waals surface area contributed by atoms with Crippen molar-refractivity contribution in [2.24, 2.45) is 4.99 Å². The summed E-state index contributed by atoms with van der Waals surface area (Å²) in [4.78, 5) is 17.9. The molecule has 1 amide bonds. The van der Waals surface area contributed by atoms with Crippen LogP contribution in [-0.2, 0) is 6.54 Å². The van der Waals surface area contributed by atoms with Gasteiger partial charge in [-0.1, -0.05) is 41.2 Å². The molecule has 1 aromatic heterocycles. The average molecular weight is 350 g/mol. The van der Waals surface area contributed by atoms with Crippen molar-refractivity contribution in [1.29, 1.82) is 0 Å². The normalized spacial score (nSPS) is 11.9. The first-order chi connectivity index (χ1) is 11.9. The fourth-order valence-corrected chi connectivity index (χ4v) is 4.30. The maximum atomic E-state index is 12.8. The van der Waals surface area contributed by atoms with E-state index in [1.54, 1.807) is 11.3 Å². The third kappa shape index (κ3) is 3.35. The summed E-state index contributed by atoms with van der Waals surface area (Å²) in [5.41, 5.74) is 6.20. The van der Waals surface area contributed by atoms with Crippen LogP contribution in [0.4, 0.5) is 0 Å². The summed E-state index contributed by atoms with van der Waals surface area (Å²) in [6.07, 6.45) is 1.84. The van der Waals surface area contributed by atoms with Crippen molar-refractivity contribution in [2.75, 3.05) is 0 Å². The Labute approximate surface area is 152 Å². The number of rotatable bonds is 3. The topological polar surface area (TPSA) is 34.4 Å². The molecule has 3 aromatic rings. The predicted octanol–water partition coefficient (Wildman–Crippen LogP) is 4.86. The van der Waals surface area contributed by atoms with Gasteiger partial charge in [-0.2, -0.15) is 4.99 Å². The Balaban J connectivity index is 2.23. The predicted molar refractivity (Wildman–Crippen MR) is 105 cm³/mol. The van der Waals surface area contributed by atoms with E-state index in [2.05, 4.69) is 42.1 Å². The molecule has 3 nitrogen and oxygen atoms in total. The second-order valence-electron chi connectivity index (χ2n) is 6.45. The summed E-state index contributed by atoms with van der Waals surface area (Å²) >= 11 is 1.55. The van der Waals surface area contributed by atoms with Crippen molar-refractivity contribution in [3.8, 4) is 0 Å². The van der Waals surface area contributed by atoms with Crippen molar-refractivity contribution in [3.05, 3.63) is 75.6 Å². The lowest BCUT2D eigenvalue weighted by molar-refractivity contribution is 0.0997. The van der Waals surface area contributed by atoms with Crippen LogP contribution < -0.4 is 4.80 Å². The Morgan fingerprint density at radius 1 is 1.12 bits per heavy atom. The van der Waals surface area contributed by atoms with Crippen molar-refractivity contribution >= 4 is 27.5 Å².